The van der Waals surface area contributed by atoms with Gasteiger partial charge in [0.15, 0.2) is 5.76 Å². The lowest BCUT2D eigenvalue weighted by Crippen LogP contribution is -2.26. The van der Waals surface area contributed by atoms with Crippen LogP contribution in [0.1, 0.15) is 40.6 Å². The third-order valence-corrected chi connectivity index (χ3v) is 5.25. The second-order valence-electron chi connectivity index (χ2n) is 7.38. The van der Waals surface area contributed by atoms with Crippen LogP contribution in [0.3, 0.4) is 0 Å². The van der Waals surface area contributed by atoms with Gasteiger partial charge in [-0.15, -0.1) is 12.4 Å². The number of furan rings is 1. The number of fused-ring (bicyclic) bond motifs is 1. The zero-order valence-corrected chi connectivity index (χ0v) is 18.0. The second kappa shape index (κ2) is 10.2. The van der Waals surface area contributed by atoms with Crippen molar-refractivity contribution in [2.45, 2.75) is 26.2 Å². The first-order chi connectivity index (χ1) is 14.2. The van der Waals surface area contributed by atoms with Gasteiger partial charge >= 0.3 is 0 Å². The molecule has 5 heteroatoms. The predicted molar refractivity (Wildman–Crippen MR) is 124 cm³/mol. The Bertz CT molecular complexity index is 1010. The zero-order valence-electron chi connectivity index (χ0n) is 17.1. The van der Waals surface area contributed by atoms with Crippen molar-refractivity contribution in [1.82, 2.24) is 4.90 Å². The van der Waals surface area contributed by atoms with Crippen molar-refractivity contribution in [2.24, 2.45) is 0 Å². The smallest absolute Gasteiger partial charge is 0.291 e. The van der Waals surface area contributed by atoms with Gasteiger partial charge in [-0.05, 0) is 59.9 Å². The summed E-state index contributed by atoms with van der Waals surface area (Å²) in [7, 11) is 0. The van der Waals surface area contributed by atoms with Crippen LogP contribution in [0.15, 0.2) is 77.0 Å². The van der Waals surface area contributed by atoms with E-state index in [2.05, 4.69) is 53.5 Å². The SMILES string of the molecule is CCCN(CCc1cccc(NC(=O)c2ccco2)c1)C1=Cc2ccccc2C1.Cl. The number of rotatable bonds is 8. The van der Waals surface area contributed by atoms with Crippen molar-refractivity contribution in [2.75, 3.05) is 18.4 Å². The van der Waals surface area contributed by atoms with E-state index >= 15 is 0 Å². The molecule has 0 bridgehead atoms. The molecule has 3 aromatic rings. The van der Waals surface area contributed by atoms with Gasteiger partial charge < -0.3 is 14.6 Å². The average Bonchev–Trinajstić information content (AvgIpc) is 3.41. The summed E-state index contributed by atoms with van der Waals surface area (Å²) in [5, 5.41) is 2.91. The number of amides is 1. The monoisotopic (exact) mass is 422 g/mol. The molecule has 1 N–H and O–H groups in total. The van der Waals surface area contributed by atoms with Gasteiger partial charge in [0.25, 0.3) is 5.91 Å². The van der Waals surface area contributed by atoms with Crippen molar-refractivity contribution in [3.05, 3.63) is 95.1 Å². The van der Waals surface area contributed by atoms with Crippen molar-refractivity contribution < 1.29 is 9.21 Å². The van der Waals surface area contributed by atoms with Crippen LogP contribution in [0.4, 0.5) is 5.69 Å². The fourth-order valence-electron chi connectivity index (χ4n) is 3.80. The Morgan fingerprint density at radius 2 is 1.93 bits per heavy atom. The van der Waals surface area contributed by atoms with Gasteiger partial charge in [0.05, 0.1) is 6.26 Å². The van der Waals surface area contributed by atoms with Gasteiger partial charge in [-0.25, -0.2) is 0 Å². The Balaban J connectivity index is 0.00000256. The van der Waals surface area contributed by atoms with Crippen LogP contribution in [0.5, 0.6) is 0 Å². The third kappa shape index (κ3) is 5.14. The topological polar surface area (TPSA) is 45.5 Å². The summed E-state index contributed by atoms with van der Waals surface area (Å²) in [4.78, 5) is 14.7. The maximum Gasteiger partial charge on any atom is 0.291 e. The Morgan fingerprint density at radius 1 is 1.07 bits per heavy atom. The van der Waals surface area contributed by atoms with E-state index in [1.54, 1.807) is 12.1 Å². The molecule has 0 radical (unpaired) electrons. The highest BCUT2D eigenvalue weighted by Crippen LogP contribution is 2.27. The summed E-state index contributed by atoms with van der Waals surface area (Å²) in [5.41, 5.74) is 6.14. The second-order valence-corrected chi connectivity index (χ2v) is 7.38. The largest absolute Gasteiger partial charge is 0.459 e. The summed E-state index contributed by atoms with van der Waals surface area (Å²) in [6.45, 7) is 4.23. The number of hydrogen-bond acceptors (Lipinski definition) is 3. The molecule has 0 unspecified atom stereocenters. The fourth-order valence-corrected chi connectivity index (χ4v) is 3.80. The first-order valence-corrected chi connectivity index (χ1v) is 10.2. The number of carbonyl (C=O) groups is 1. The molecule has 1 aliphatic carbocycles. The van der Waals surface area contributed by atoms with E-state index in [1.165, 1.54) is 28.7 Å². The lowest BCUT2D eigenvalue weighted by atomic mass is 10.1. The van der Waals surface area contributed by atoms with Gasteiger partial charge in [-0.3, -0.25) is 4.79 Å². The molecule has 4 nitrogen and oxygen atoms in total. The highest BCUT2D eigenvalue weighted by molar-refractivity contribution is 6.02. The van der Waals surface area contributed by atoms with Crippen LogP contribution in [-0.2, 0) is 12.8 Å². The van der Waals surface area contributed by atoms with Gasteiger partial charge in [-0.2, -0.15) is 0 Å². The van der Waals surface area contributed by atoms with E-state index < -0.39 is 0 Å². The Kier molecular flexibility index (Phi) is 7.36. The number of anilines is 1. The number of carbonyl (C=O) groups excluding carboxylic acids is 1. The van der Waals surface area contributed by atoms with Crippen molar-refractivity contribution in [1.29, 1.82) is 0 Å². The fraction of sp³-hybridized carbons (Fsp3) is 0.240. The van der Waals surface area contributed by atoms with Gasteiger partial charge in [0, 0.05) is 30.9 Å². The van der Waals surface area contributed by atoms with Crippen LogP contribution >= 0.6 is 12.4 Å². The van der Waals surface area contributed by atoms with E-state index in [4.69, 9.17) is 4.42 Å². The molecule has 1 heterocycles. The lowest BCUT2D eigenvalue weighted by Gasteiger charge is -2.26. The summed E-state index contributed by atoms with van der Waals surface area (Å²) in [6.07, 6.45) is 6.88. The number of halogens is 1. The minimum absolute atomic E-state index is 0. The number of allylic oxidation sites excluding steroid dienone is 1. The van der Waals surface area contributed by atoms with E-state index in [-0.39, 0.29) is 18.3 Å². The standard InChI is InChI=1S/C25H26N2O2.ClH/c1-2-13-27(23-17-20-8-3-4-9-21(20)18-23)14-12-19-7-5-10-22(16-19)26-25(28)24-11-6-15-29-24;/h3-11,15-17H,2,12-14,18H2,1H3,(H,26,28);1H. The van der Waals surface area contributed by atoms with Crippen LogP contribution in [-0.4, -0.2) is 23.9 Å². The molecule has 0 aliphatic heterocycles. The van der Waals surface area contributed by atoms with Crippen molar-refractivity contribution in [3.8, 4) is 0 Å². The molecule has 156 valence electrons. The number of hydrogen-bond donors (Lipinski definition) is 1. The minimum Gasteiger partial charge on any atom is -0.459 e. The quantitative estimate of drug-likeness (QED) is 0.498. The molecular weight excluding hydrogens is 396 g/mol. The molecule has 1 aromatic heterocycles. The summed E-state index contributed by atoms with van der Waals surface area (Å²) < 4.78 is 5.16. The molecule has 0 saturated carbocycles. The molecule has 2 aromatic carbocycles. The molecule has 1 aliphatic rings. The van der Waals surface area contributed by atoms with Crippen LogP contribution < -0.4 is 5.32 Å². The van der Waals surface area contributed by atoms with Crippen LogP contribution in [0.2, 0.25) is 0 Å². The number of nitrogens with one attached hydrogen (secondary N) is 1. The first-order valence-electron chi connectivity index (χ1n) is 10.2. The summed E-state index contributed by atoms with van der Waals surface area (Å²) in [6, 6.07) is 20.1. The highest BCUT2D eigenvalue weighted by Gasteiger charge is 2.17. The molecular formula is C25H27ClN2O2. The van der Waals surface area contributed by atoms with E-state index in [9.17, 15) is 4.79 Å². The molecule has 0 spiro atoms. The molecule has 0 saturated heterocycles. The van der Waals surface area contributed by atoms with Crippen LogP contribution in [0, 0.1) is 0 Å². The van der Waals surface area contributed by atoms with E-state index in [0.29, 0.717) is 5.76 Å². The lowest BCUT2D eigenvalue weighted by molar-refractivity contribution is 0.0996. The molecule has 0 fully saturated rings. The molecule has 4 rings (SSSR count). The zero-order chi connectivity index (χ0) is 20.1. The highest BCUT2D eigenvalue weighted by atomic mass is 35.5. The van der Waals surface area contributed by atoms with E-state index in [0.717, 1.165) is 38.0 Å². The Morgan fingerprint density at radius 3 is 2.70 bits per heavy atom. The molecule has 0 atom stereocenters. The summed E-state index contributed by atoms with van der Waals surface area (Å²) in [5.74, 6) is 0.0888. The maximum atomic E-state index is 12.2. The number of benzene rings is 2. The Hall–Kier alpha value is -2.98. The normalized spacial score (nSPS) is 12.0. The average molecular weight is 423 g/mol. The maximum absolute atomic E-state index is 12.2. The Labute approximate surface area is 184 Å². The predicted octanol–water partition coefficient (Wildman–Crippen LogP) is 5.81. The molecule has 1 amide bonds. The van der Waals surface area contributed by atoms with Crippen molar-refractivity contribution in [3.63, 3.8) is 0 Å². The van der Waals surface area contributed by atoms with E-state index in [1.807, 2.05) is 18.2 Å². The molecule has 30 heavy (non-hydrogen) atoms. The van der Waals surface area contributed by atoms with Crippen LogP contribution in [0.25, 0.3) is 6.08 Å². The van der Waals surface area contributed by atoms with Gasteiger partial charge in [0.2, 0.25) is 0 Å². The van der Waals surface area contributed by atoms with Gasteiger partial charge in [-0.1, -0.05) is 43.3 Å². The third-order valence-electron chi connectivity index (χ3n) is 5.25. The summed E-state index contributed by atoms with van der Waals surface area (Å²) >= 11 is 0. The van der Waals surface area contributed by atoms with Crippen molar-refractivity contribution >= 4 is 30.1 Å². The van der Waals surface area contributed by atoms with Gasteiger partial charge in [0.1, 0.15) is 0 Å². The number of nitrogens with zero attached hydrogens (tertiary/aromatic N) is 1. The minimum atomic E-state index is -0.228. The first kappa shape index (κ1) is 21.7.